The molecule has 1 aliphatic carbocycles. The lowest BCUT2D eigenvalue weighted by Gasteiger charge is -2.27. The van der Waals surface area contributed by atoms with E-state index in [0.29, 0.717) is 12.2 Å². The molecule has 0 bridgehead atoms. The van der Waals surface area contributed by atoms with E-state index >= 15 is 0 Å². The van der Waals surface area contributed by atoms with E-state index in [-0.39, 0.29) is 17.0 Å². The second kappa shape index (κ2) is 11.5. The van der Waals surface area contributed by atoms with Gasteiger partial charge in [0.1, 0.15) is 30.2 Å². The third kappa shape index (κ3) is 6.27. The molecular formula is C16H17N8O19P3. The molecule has 2 fully saturated rings. The van der Waals surface area contributed by atoms with Crippen LogP contribution in [-0.2, 0) is 41.1 Å². The van der Waals surface area contributed by atoms with E-state index in [9.17, 15) is 54.1 Å². The number of imidazole rings is 1. The van der Waals surface area contributed by atoms with Crippen LogP contribution in [0.3, 0.4) is 0 Å². The number of phosphoric acid groups is 3. The normalized spacial score (nSPS) is 29.9. The molecule has 0 amide bonds. The Kier molecular flexibility index (Phi) is 8.36. The molecule has 0 saturated carbocycles. The fourth-order valence-electron chi connectivity index (χ4n) is 4.62. The maximum atomic E-state index is 12.4. The largest absolute Gasteiger partial charge is 0.490 e. The van der Waals surface area contributed by atoms with Gasteiger partial charge in [0, 0.05) is 4.90 Å². The van der Waals surface area contributed by atoms with Gasteiger partial charge in [0.25, 0.3) is 5.70 Å². The highest BCUT2D eigenvalue weighted by Gasteiger charge is 2.70. The number of phosphoric ester groups is 1. The summed E-state index contributed by atoms with van der Waals surface area (Å²) in [5.41, 5.74) is 2.29. The van der Waals surface area contributed by atoms with Crippen molar-refractivity contribution in [2.24, 2.45) is 0 Å². The lowest BCUT2D eigenvalue weighted by atomic mass is 9.99. The third-order valence-corrected chi connectivity index (χ3v) is 10.0. The van der Waals surface area contributed by atoms with E-state index in [4.69, 9.17) is 29.7 Å². The second-order valence-electron chi connectivity index (χ2n) is 9.09. The van der Waals surface area contributed by atoms with E-state index in [0.717, 1.165) is 17.2 Å². The number of anilines is 1. The molecule has 4 heterocycles. The van der Waals surface area contributed by atoms with Crippen LogP contribution in [-0.4, -0.2) is 95.5 Å². The maximum absolute atomic E-state index is 12.4. The predicted octanol–water partition coefficient (Wildman–Crippen LogP) is -1.20. The Labute approximate surface area is 251 Å². The number of rotatable bonds is 10. The fourth-order valence-corrected chi connectivity index (χ4v) is 7.65. The quantitative estimate of drug-likeness (QED) is 0.0552. The molecule has 5 rings (SSSR count). The van der Waals surface area contributed by atoms with Crippen molar-refractivity contribution in [2.75, 3.05) is 12.3 Å². The van der Waals surface area contributed by atoms with Crippen LogP contribution >= 0.6 is 23.5 Å². The third-order valence-electron chi connectivity index (χ3n) is 6.23. The van der Waals surface area contributed by atoms with Gasteiger partial charge in [-0.2, -0.15) is 8.62 Å². The van der Waals surface area contributed by atoms with Crippen molar-refractivity contribution >= 4 is 46.2 Å². The van der Waals surface area contributed by atoms with E-state index in [1.54, 1.807) is 0 Å². The van der Waals surface area contributed by atoms with Crippen molar-refractivity contribution in [2.45, 2.75) is 30.3 Å². The Morgan fingerprint density at radius 2 is 1.65 bits per heavy atom. The lowest BCUT2D eigenvalue weighted by Crippen LogP contribution is -2.50. The SMILES string of the molecule is Nc1ncnc2c1ncn2[C@@H]1O[C@H](COP(=O)(O)OP(=O)(O)OP(=O)(O)O)[C@H]2OC3(O[C@H]21)C([N+](=O)[O-])=CC([N+](=O)[O-])=C/C3=[N+](/[O-])O. The van der Waals surface area contributed by atoms with Gasteiger partial charge in [-0.25, -0.2) is 28.6 Å². The number of allylic oxidation sites excluding steroid dienone is 1. The monoisotopic (exact) mass is 718 g/mol. The van der Waals surface area contributed by atoms with Gasteiger partial charge in [0.15, 0.2) is 17.7 Å². The molecule has 0 aromatic carbocycles. The summed E-state index contributed by atoms with van der Waals surface area (Å²) in [5.74, 6) is -3.10. The average Bonchev–Trinajstić information content (AvgIpc) is 3.58. The standard InChI is InChI=1S/C16H17N8O19P3/c17-13-10-14(19-4-18-13)21(5-20-10)15-12-11(7(39-15)3-38-45(34,35)43-46(36,37)42-44(31,32)33)40-16(41-12)8(23(27)28)1-6(22(25)26)2-9(16)24(29)30/h1-2,4-5,7,11-12,15H,3H2,(H,27,28)(H,34,35)(H,36,37)(H2,17,18,19)(H2,31,32,33)/t7-,11-,12-,15-,16?/m1/s1. The van der Waals surface area contributed by atoms with E-state index in [2.05, 4.69) is 28.1 Å². The van der Waals surface area contributed by atoms with Crippen molar-refractivity contribution in [1.82, 2.24) is 19.5 Å². The minimum Gasteiger partial charge on any atom is -0.417 e. The van der Waals surface area contributed by atoms with Crippen LogP contribution in [0.4, 0.5) is 5.82 Å². The molecule has 3 aliphatic rings. The summed E-state index contributed by atoms with van der Waals surface area (Å²) in [6.07, 6.45) is -3.71. The summed E-state index contributed by atoms with van der Waals surface area (Å²) >= 11 is 0. The number of hydrogen-bond donors (Lipinski definition) is 6. The topological polar surface area (TPSA) is 390 Å². The Bertz CT molecular complexity index is 1870. The molecule has 7 N–H and O–H groups in total. The first-order valence-corrected chi connectivity index (χ1v) is 16.2. The molecular weight excluding hydrogens is 701 g/mol. The summed E-state index contributed by atoms with van der Waals surface area (Å²) in [6.45, 7) is -1.19. The molecule has 2 aliphatic heterocycles. The van der Waals surface area contributed by atoms with Crippen molar-refractivity contribution in [1.29, 1.82) is 0 Å². The molecule has 7 atom stereocenters. The number of nitrogens with two attached hydrogens (primary N) is 1. The molecule has 2 aromatic heterocycles. The van der Waals surface area contributed by atoms with Crippen LogP contribution in [0.15, 0.2) is 36.2 Å². The van der Waals surface area contributed by atoms with Crippen molar-refractivity contribution in [3.63, 3.8) is 0 Å². The number of nitrogens with zero attached hydrogens (tertiary/aromatic N) is 7. The van der Waals surface area contributed by atoms with Crippen LogP contribution < -0.4 is 5.73 Å². The van der Waals surface area contributed by atoms with Gasteiger partial charge < -0.3 is 44.7 Å². The van der Waals surface area contributed by atoms with Crippen molar-refractivity contribution in [3.05, 3.63) is 61.6 Å². The molecule has 30 heteroatoms. The first-order chi connectivity index (χ1) is 21.2. The van der Waals surface area contributed by atoms with Crippen molar-refractivity contribution < 1.29 is 80.6 Å². The minimum atomic E-state index is -5.93. The molecule has 1 spiro atoms. The van der Waals surface area contributed by atoms with Crippen LogP contribution in [0.2, 0.25) is 0 Å². The van der Waals surface area contributed by atoms with Gasteiger partial charge in [0.2, 0.25) is 0 Å². The predicted molar refractivity (Wildman–Crippen MR) is 137 cm³/mol. The molecule has 3 unspecified atom stereocenters. The fraction of sp³-hybridized carbons (Fsp3) is 0.375. The summed E-state index contributed by atoms with van der Waals surface area (Å²) in [5, 5.41) is 45.4. The number of hydrogen-bond acceptors (Lipinski definition) is 19. The lowest BCUT2D eigenvalue weighted by molar-refractivity contribution is -0.729. The molecule has 250 valence electrons. The summed E-state index contributed by atoms with van der Waals surface area (Å²) in [4.78, 5) is 68.8. The zero-order valence-corrected chi connectivity index (χ0v) is 24.5. The van der Waals surface area contributed by atoms with Gasteiger partial charge in [-0.15, -0.1) is 0 Å². The number of fused-ring (bicyclic) bond motifs is 2. The summed E-state index contributed by atoms with van der Waals surface area (Å²) < 4.78 is 65.4. The van der Waals surface area contributed by atoms with Gasteiger partial charge in [-0.1, -0.05) is 0 Å². The Morgan fingerprint density at radius 1 is 0.978 bits per heavy atom. The van der Waals surface area contributed by atoms with Crippen molar-refractivity contribution in [3.8, 4) is 0 Å². The maximum Gasteiger partial charge on any atom is 0.490 e. The Balaban J connectivity index is 1.54. The number of ether oxygens (including phenoxy) is 3. The van der Waals surface area contributed by atoms with E-state index in [1.165, 1.54) is 0 Å². The molecule has 2 aromatic rings. The van der Waals surface area contributed by atoms with E-state index in [1.807, 2.05) is 0 Å². The highest BCUT2D eigenvalue weighted by molar-refractivity contribution is 7.66. The molecule has 46 heavy (non-hydrogen) atoms. The first kappa shape index (κ1) is 33.6. The van der Waals surface area contributed by atoms with Gasteiger partial charge in [0.05, 0.1) is 34.9 Å². The van der Waals surface area contributed by atoms with E-state index < -0.39 is 92.3 Å². The first-order valence-electron chi connectivity index (χ1n) is 11.7. The zero-order valence-electron chi connectivity index (χ0n) is 21.8. The Morgan fingerprint density at radius 3 is 2.26 bits per heavy atom. The molecule has 27 nitrogen and oxygen atoms in total. The van der Waals surface area contributed by atoms with Gasteiger partial charge in [-0.05, 0) is 0 Å². The van der Waals surface area contributed by atoms with Crippen LogP contribution in [0.25, 0.3) is 11.2 Å². The summed E-state index contributed by atoms with van der Waals surface area (Å²) in [6, 6.07) is 0. The highest BCUT2D eigenvalue weighted by atomic mass is 31.3. The summed E-state index contributed by atoms with van der Waals surface area (Å²) in [7, 11) is -17.4. The zero-order chi connectivity index (χ0) is 34.0. The van der Waals surface area contributed by atoms with Crippen LogP contribution in [0.1, 0.15) is 6.23 Å². The highest BCUT2D eigenvalue weighted by Crippen LogP contribution is 2.66. The van der Waals surface area contributed by atoms with Crippen LogP contribution in [0, 0.1) is 25.4 Å². The van der Waals surface area contributed by atoms with Crippen LogP contribution in [0.5, 0.6) is 0 Å². The molecule has 2 saturated heterocycles. The number of nitro groups is 2. The minimum absolute atomic E-state index is 0.0171. The van der Waals surface area contributed by atoms with Gasteiger partial charge in [-0.3, -0.25) is 34.5 Å². The van der Waals surface area contributed by atoms with Gasteiger partial charge >= 0.3 is 40.7 Å². The Hall–Kier alpha value is -3.81. The average molecular weight is 718 g/mol. The number of aromatic nitrogens is 4. The molecule has 0 radical (unpaired) electrons. The number of nitrogen functional groups attached to an aromatic ring is 1. The smallest absolute Gasteiger partial charge is 0.417 e. The second-order valence-corrected chi connectivity index (χ2v) is 13.5.